The van der Waals surface area contributed by atoms with Gasteiger partial charge in [-0.05, 0) is 32.7 Å². The van der Waals surface area contributed by atoms with E-state index >= 15 is 0 Å². The Morgan fingerprint density at radius 1 is 1.25 bits per heavy atom. The Hall–Kier alpha value is -1.03. The molecular weight excluding hydrogens is 200 g/mol. The van der Waals surface area contributed by atoms with Crippen LogP contribution < -0.4 is 5.32 Å². The second-order valence-corrected chi connectivity index (χ2v) is 5.27. The molecule has 4 nitrogen and oxygen atoms in total. The van der Waals surface area contributed by atoms with Gasteiger partial charge in [0.15, 0.2) is 0 Å². The van der Waals surface area contributed by atoms with Crippen molar-refractivity contribution in [3.05, 3.63) is 12.4 Å². The fourth-order valence-electron chi connectivity index (χ4n) is 3.26. The monoisotopic (exact) mass is 220 g/mol. The number of aromatic nitrogens is 2. The van der Waals surface area contributed by atoms with Crippen LogP contribution in [0.3, 0.4) is 0 Å². The molecule has 1 N–H and O–H groups in total. The van der Waals surface area contributed by atoms with E-state index in [0.717, 1.165) is 17.8 Å². The van der Waals surface area contributed by atoms with E-state index in [1.165, 1.54) is 25.7 Å². The lowest BCUT2D eigenvalue weighted by molar-refractivity contribution is 0.169. The van der Waals surface area contributed by atoms with E-state index in [9.17, 15) is 0 Å². The molecule has 0 amide bonds. The number of hydrogen-bond donors (Lipinski definition) is 1. The Morgan fingerprint density at radius 3 is 2.50 bits per heavy atom. The highest BCUT2D eigenvalue weighted by molar-refractivity contribution is 5.39. The zero-order valence-corrected chi connectivity index (χ0v) is 10.1. The number of hydrogen-bond acceptors (Lipinski definition) is 3. The molecule has 2 unspecified atom stereocenters. The van der Waals surface area contributed by atoms with Gasteiger partial charge < -0.3 is 10.2 Å². The van der Waals surface area contributed by atoms with Crippen LogP contribution in [0.25, 0.3) is 0 Å². The van der Waals surface area contributed by atoms with Crippen LogP contribution in [0.4, 0.5) is 5.69 Å². The predicted molar refractivity (Wildman–Crippen MR) is 64.4 cm³/mol. The van der Waals surface area contributed by atoms with Crippen LogP contribution in [-0.2, 0) is 7.05 Å². The summed E-state index contributed by atoms with van der Waals surface area (Å²) in [6.07, 6.45) is 9.29. The Labute approximate surface area is 96.6 Å². The molecule has 0 aromatic carbocycles. The maximum atomic E-state index is 4.19. The lowest BCUT2D eigenvalue weighted by atomic mass is 9.98. The second-order valence-electron chi connectivity index (χ2n) is 5.27. The van der Waals surface area contributed by atoms with Gasteiger partial charge in [0.05, 0.1) is 11.9 Å². The van der Waals surface area contributed by atoms with Gasteiger partial charge in [-0.3, -0.25) is 4.68 Å². The van der Waals surface area contributed by atoms with Gasteiger partial charge in [0.25, 0.3) is 0 Å². The van der Waals surface area contributed by atoms with Crippen molar-refractivity contribution in [1.82, 2.24) is 14.7 Å². The van der Waals surface area contributed by atoms with Crippen molar-refractivity contribution >= 4 is 5.69 Å². The molecule has 0 radical (unpaired) electrons. The average molecular weight is 220 g/mol. The molecule has 2 saturated heterocycles. The summed E-state index contributed by atoms with van der Waals surface area (Å²) in [4.78, 5) is 2.57. The van der Waals surface area contributed by atoms with Crippen molar-refractivity contribution in [2.45, 2.75) is 43.8 Å². The highest BCUT2D eigenvalue weighted by Gasteiger charge is 2.38. The first kappa shape index (κ1) is 10.1. The molecule has 2 fully saturated rings. The van der Waals surface area contributed by atoms with Crippen molar-refractivity contribution in [2.75, 3.05) is 12.4 Å². The highest BCUT2D eigenvalue weighted by Crippen LogP contribution is 2.35. The number of nitrogens with zero attached hydrogens (tertiary/aromatic N) is 3. The normalized spacial score (nSPS) is 34.2. The van der Waals surface area contributed by atoms with E-state index in [4.69, 9.17) is 0 Å². The highest BCUT2D eigenvalue weighted by atomic mass is 15.3. The zero-order valence-electron chi connectivity index (χ0n) is 10.1. The third-order valence-corrected chi connectivity index (χ3v) is 4.17. The fourth-order valence-corrected chi connectivity index (χ4v) is 3.26. The molecule has 0 saturated carbocycles. The lowest BCUT2D eigenvalue weighted by Crippen LogP contribution is -2.44. The standard InChI is InChI=1S/C12H20N4/c1-15-8-10(7-13-15)14-9-5-11-3-4-12(6-9)16(11)2/h7-9,11-12,14H,3-6H2,1-2H3. The number of fused-ring (bicyclic) bond motifs is 2. The summed E-state index contributed by atoms with van der Waals surface area (Å²) in [6.45, 7) is 0. The maximum Gasteiger partial charge on any atom is 0.0728 e. The molecule has 0 aliphatic carbocycles. The number of nitrogens with one attached hydrogen (secondary N) is 1. The van der Waals surface area contributed by atoms with Gasteiger partial charge in [0, 0.05) is 31.4 Å². The first-order chi connectivity index (χ1) is 7.72. The lowest BCUT2D eigenvalue weighted by Gasteiger charge is -2.36. The van der Waals surface area contributed by atoms with E-state index in [2.05, 4.69) is 28.6 Å². The Balaban J connectivity index is 1.65. The van der Waals surface area contributed by atoms with Crippen molar-refractivity contribution in [3.63, 3.8) is 0 Å². The van der Waals surface area contributed by atoms with Crippen LogP contribution in [0.2, 0.25) is 0 Å². The summed E-state index contributed by atoms with van der Waals surface area (Å²) < 4.78 is 1.85. The van der Waals surface area contributed by atoms with Crippen molar-refractivity contribution in [1.29, 1.82) is 0 Å². The molecule has 0 spiro atoms. The molecule has 2 bridgehead atoms. The van der Waals surface area contributed by atoms with Crippen molar-refractivity contribution in [3.8, 4) is 0 Å². The van der Waals surface area contributed by atoms with E-state index in [1.807, 2.05) is 17.9 Å². The molecule has 16 heavy (non-hydrogen) atoms. The number of anilines is 1. The number of rotatable bonds is 2. The van der Waals surface area contributed by atoms with E-state index in [-0.39, 0.29) is 0 Å². The van der Waals surface area contributed by atoms with E-state index in [1.54, 1.807) is 0 Å². The largest absolute Gasteiger partial charge is 0.380 e. The molecule has 88 valence electrons. The summed E-state index contributed by atoms with van der Waals surface area (Å²) in [6, 6.07) is 2.23. The van der Waals surface area contributed by atoms with Gasteiger partial charge in [0.1, 0.15) is 0 Å². The van der Waals surface area contributed by atoms with Crippen LogP contribution in [0, 0.1) is 0 Å². The van der Waals surface area contributed by atoms with Crippen molar-refractivity contribution in [2.24, 2.45) is 7.05 Å². The third kappa shape index (κ3) is 1.71. The first-order valence-corrected chi connectivity index (χ1v) is 6.19. The minimum atomic E-state index is 0.637. The van der Waals surface area contributed by atoms with E-state index < -0.39 is 0 Å². The smallest absolute Gasteiger partial charge is 0.0728 e. The molecule has 2 atom stereocenters. The Morgan fingerprint density at radius 2 is 1.94 bits per heavy atom. The topological polar surface area (TPSA) is 33.1 Å². The minimum Gasteiger partial charge on any atom is -0.380 e. The predicted octanol–water partition coefficient (Wildman–Crippen LogP) is 1.46. The second kappa shape index (κ2) is 3.77. The summed E-state index contributed by atoms with van der Waals surface area (Å²) in [5, 5.41) is 7.81. The van der Waals surface area contributed by atoms with Gasteiger partial charge in [-0.1, -0.05) is 0 Å². The summed E-state index contributed by atoms with van der Waals surface area (Å²) >= 11 is 0. The number of aryl methyl sites for hydroxylation is 1. The zero-order chi connectivity index (χ0) is 11.1. The Kier molecular flexibility index (Phi) is 2.39. The van der Waals surface area contributed by atoms with Crippen LogP contribution in [0.5, 0.6) is 0 Å². The molecule has 3 heterocycles. The third-order valence-electron chi connectivity index (χ3n) is 4.17. The van der Waals surface area contributed by atoms with Crippen LogP contribution in [0.1, 0.15) is 25.7 Å². The Bertz CT molecular complexity index is 359. The van der Waals surface area contributed by atoms with Gasteiger partial charge in [-0.25, -0.2) is 0 Å². The fraction of sp³-hybridized carbons (Fsp3) is 0.750. The van der Waals surface area contributed by atoms with Crippen LogP contribution in [0.15, 0.2) is 12.4 Å². The van der Waals surface area contributed by atoms with Gasteiger partial charge >= 0.3 is 0 Å². The first-order valence-electron chi connectivity index (χ1n) is 6.19. The average Bonchev–Trinajstić information content (AvgIpc) is 2.72. The van der Waals surface area contributed by atoms with Gasteiger partial charge in [0.2, 0.25) is 0 Å². The molecule has 1 aromatic rings. The van der Waals surface area contributed by atoms with Crippen LogP contribution in [-0.4, -0.2) is 39.9 Å². The SMILES string of the molecule is CN1C2CCC1CC(Nc1cnn(C)c1)C2. The molecule has 2 aliphatic rings. The van der Waals surface area contributed by atoms with Gasteiger partial charge in [-0.2, -0.15) is 5.10 Å². The minimum absolute atomic E-state index is 0.637. The molecule has 3 rings (SSSR count). The summed E-state index contributed by atoms with van der Waals surface area (Å²) in [7, 11) is 4.24. The summed E-state index contributed by atoms with van der Waals surface area (Å²) in [5.74, 6) is 0. The molecular formula is C12H20N4. The molecule has 4 heteroatoms. The number of piperidine rings is 1. The van der Waals surface area contributed by atoms with Gasteiger partial charge in [-0.15, -0.1) is 0 Å². The summed E-state index contributed by atoms with van der Waals surface area (Å²) in [5.41, 5.74) is 1.16. The van der Waals surface area contributed by atoms with Crippen molar-refractivity contribution < 1.29 is 0 Å². The molecule has 1 aromatic heterocycles. The maximum absolute atomic E-state index is 4.19. The van der Waals surface area contributed by atoms with E-state index in [0.29, 0.717) is 6.04 Å². The molecule has 2 aliphatic heterocycles. The quantitative estimate of drug-likeness (QED) is 0.819. The van der Waals surface area contributed by atoms with Crippen LogP contribution >= 0.6 is 0 Å².